The average Bonchev–Trinajstić information content (AvgIpc) is 2.26. The Morgan fingerprint density at radius 3 is 2.28 bits per heavy atom. The van der Waals surface area contributed by atoms with E-state index in [1.807, 2.05) is 0 Å². The molecule has 0 saturated carbocycles. The third kappa shape index (κ3) is 2.89. The van der Waals surface area contributed by atoms with E-state index >= 15 is 0 Å². The van der Waals surface area contributed by atoms with Gasteiger partial charge in [0.25, 0.3) is 0 Å². The molecule has 0 aliphatic heterocycles. The van der Waals surface area contributed by atoms with Crippen molar-refractivity contribution in [2.45, 2.75) is 6.18 Å². The van der Waals surface area contributed by atoms with Crippen molar-refractivity contribution in [2.24, 2.45) is 5.84 Å². The molecule has 0 atom stereocenters. The number of carbonyl (C=O) groups excluding carboxylic acids is 1. The molecule has 0 aromatic heterocycles. The fourth-order valence-corrected chi connectivity index (χ4v) is 1.21. The molecule has 0 fully saturated rings. The van der Waals surface area contributed by atoms with Gasteiger partial charge in [-0.1, -0.05) is 0 Å². The molecule has 100 valence electrons. The predicted molar refractivity (Wildman–Crippen MR) is 57.2 cm³/mol. The zero-order chi connectivity index (χ0) is 14.1. The van der Waals surface area contributed by atoms with Crippen molar-refractivity contribution >= 4 is 11.7 Å². The van der Waals surface area contributed by atoms with Gasteiger partial charge in [-0.2, -0.15) is 13.2 Å². The Morgan fingerprint density at radius 2 is 1.83 bits per heavy atom. The molecule has 8 heteroatoms. The summed E-state index contributed by atoms with van der Waals surface area (Å²) in [6.07, 6.45) is -4.85. The highest BCUT2D eigenvalue weighted by Crippen LogP contribution is 2.33. The minimum absolute atomic E-state index is 0.248. The molecule has 1 aromatic carbocycles. The second kappa shape index (κ2) is 4.81. The van der Waals surface area contributed by atoms with Gasteiger partial charge in [-0.05, 0) is 18.2 Å². The molecule has 1 aromatic rings. The van der Waals surface area contributed by atoms with Gasteiger partial charge in [0.2, 0.25) is 0 Å². The van der Waals surface area contributed by atoms with Crippen LogP contribution in [0.1, 0.15) is 5.56 Å². The lowest BCUT2D eigenvalue weighted by molar-refractivity contribution is -0.139. The number of urea groups is 1. The summed E-state index contributed by atoms with van der Waals surface area (Å²) in [6.45, 7) is 0. The molecule has 0 saturated heterocycles. The van der Waals surface area contributed by atoms with Crippen LogP contribution in [-0.4, -0.2) is 25.0 Å². The molecule has 2 N–H and O–H groups in total. The van der Waals surface area contributed by atoms with E-state index < -0.39 is 23.6 Å². The van der Waals surface area contributed by atoms with E-state index in [9.17, 15) is 22.4 Å². The van der Waals surface area contributed by atoms with Gasteiger partial charge in [0.1, 0.15) is 5.82 Å². The summed E-state index contributed by atoms with van der Waals surface area (Å²) in [5.74, 6) is 3.93. The number of hydrazine groups is 1. The van der Waals surface area contributed by atoms with Gasteiger partial charge in [0.15, 0.2) is 0 Å². The Balaban J connectivity index is 3.17. The molecule has 18 heavy (non-hydrogen) atoms. The maximum Gasteiger partial charge on any atom is 0.419 e. The van der Waals surface area contributed by atoms with E-state index in [0.29, 0.717) is 17.1 Å². The number of benzene rings is 1. The first kappa shape index (κ1) is 14.2. The van der Waals surface area contributed by atoms with Gasteiger partial charge in [-0.3, -0.25) is 0 Å². The van der Waals surface area contributed by atoms with Gasteiger partial charge >= 0.3 is 12.2 Å². The normalized spacial score (nSPS) is 11.3. The number of hydrogen-bond donors (Lipinski definition) is 1. The van der Waals surface area contributed by atoms with Crippen LogP contribution in [0.3, 0.4) is 0 Å². The Hall–Kier alpha value is -1.83. The number of halogens is 4. The first-order valence-electron chi connectivity index (χ1n) is 4.77. The molecule has 0 heterocycles. The van der Waals surface area contributed by atoms with Crippen LogP contribution in [0.4, 0.5) is 28.0 Å². The van der Waals surface area contributed by atoms with Gasteiger partial charge < -0.3 is 4.90 Å². The Bertz CT molecular complexity index is 459. The second-order valence-electron chi connectivity index (χ2n) is 3.71. The number of amides is 2. The lowest BCUT2D eigenvalue weighted by Gasteiger charge is -2.22. The summed E-state index contributed by atoms with van der Waals surface area (Å²) in [6, 6.07) is 1.36. The number of nitrogens with zero attached hydrogens (tertiary/aromatic N) is 2. The summed E-state index contributed by atoms with van der Waals surface area (Å²) in [5, 5.41) is 0.509. The van der Waals surface area contributed by atoms with Crippen molar-refractivity contribution in [1.82, 2.24) is 4.90 Å². The number of anilines is 1. The van der Waals surface area contributed by atoms with Crippen LogP contribution in [-0.2, 0) is 6.18 Å². The van der Waals surface area contributed by atoms with Gasteiger partial charge in [-0.15, -0.1) is 0 Å². The van der Waals surface area contributed by atoms with Crippen molar-refractivity contribution in [2.75, 3.05) is 19.1 Å². The molecule has 2 amide bonds. The zero-order valence-electron chi connectivity index (χ0n) is 9.62. The molecule has 0 aliphatic rings. The molecule has 0 unspecified atom stereocenters. The fraction of sp³-hybridized carbons (Fsp3) is 0.300. The molecular formula is C10H11F4N3O. The monoisotopic (exact) mass is 265 g/mol. The first-order valence-corrected chi connectivity index (χ1v) is 4.77. The van der Waals surface area contributed by atoms with Crippen LogP contribution >= 0.6 is 0 Å². The number of rotatable bonds is 1. The molecule has 0 aliphatic carbocycles. The highest BCUT2D eigenvalue weighted by atomic mass is 19.4. The van der Waals surface area contributed by atoms with Crippen LogP contribution in [0.25, 0.3) is 0 Å². The van der Waals surface area contributed by atoms with Gasteiger partial charge in [0, 0.05) is 14.1 Å². The SMILES string of the molecule is CN(C)C(=O)N(N)c1ccc(F)c(C(F)(F)F)c1. The van der Waals surface area contributed by atoms with Crippen molar-refractivity contribution in [3.63, 3.8) is 0 Å². The van der Waals surface area contributed by atoms with Crippen molar-refractivity contribution in [1.29, 1.82) is 0 Å². The van der Waals surface area contributed by atoms with Crippen molar-refractivity contribution in [3.05, 3.63) is 29.6 Å². The zero-order valence-corrected chi connectivity index (χ0v) is 9.62. The fourth-order valence-electron chi connectivity index (χ4n) is 1.21. The highest BCUT2D eigenvalue weighted by Gasteiger charge is 2.34. The third-order valence-electron chi connectivity index (χ3n) is 2.12. The number of alkyl halides is 3. The topological polar surface area (TPSA) is 49.6 Å². The second-order valence-corrected chi connectivity index (χ2v) is 3.71. The van der Waals surface area contributed by atoms with Crippen LogP contribution in [0.2, 0.25) is 0 Å². The van der Waals surface area contributed by atoms with Crippen LogP contribution in [0, 0.1) is 5.82 Å². The summed E-state index contributed by atoms with van der Waals surface area (Å²) in [7, 11) is 2.77. The molecule has 4 nitrogen and oxygen atoms in total. The van der Waals surface area contributed by atoms with Gasteiger partial charge in [-0.25, -0.2) is 20.0 Å². The predicted octanol–water partition coefficient (Wildman–Crippen LogP) is 2.21. The molecule has 1 rings (SSSR count). The molecule has 0 bridgehead atoms. The lowest BCUT2D eigenvalue weighted by Crippen LogP contribution is -2.44. The minimum Gasteiger partial charge on any atom is -0.329 e. The molecule has 0 spiro atoms. The minimum atomic E-state index is -4.85. The smallest absolute Gasteiger partial charge is 0.329 e. The van der Waals surface area contributed by atoms with E-state index in [2.05, 4.69) is 0 Å². The summed E-state index contributed by atoms with van der Waals surface area (Å²) in [5.41, 5.74) is -1.72. The van der Waals surface area contributed by atoms with Crippen molar-refractivity contribution < 1.29 is 22.4 Å². The Kier molecular flexibility index (Phi) is 3.80. The third-order valence-corrected chi connectivity index (χ3v) is 2.12. The van der Waals surface area contributed by atoms with E-state index in [0.717, 1.165) is 11.0 Å². The molecule has 0 radical (unpaired) electrons. The van der Waals surface area contributed by atoms with E-state index in [1.54, 1.807) is 0 Å². The quantitative estimate of drug-likeness (QED) is 0.366. The standard InChI is InChI=1S/C10H11F4N3O/c1-16(2)9(18)17(15)6-3-4-8(11)7(5-6)10(12,13)14/h3-5H,15H2,1-2H3. The summed E-state index contributed by atoms with van der Waals surface area (Å²) >= 11 is 0. The Morgan fingerprint density at radius 1 is 1.28 bits per heavy atom. The first-order chi connectivity index (χ1) is 8.14. The van der Waals surface area contributed by atoms with Crippen LogP contribution < -0.4 is 10.9 Å². The number of carbonyl (C=O) groups is 1. The number of nitrogens with two attached hydrogens (primary N) is 1. The van der Waals surface area contributed by atoms with Crippen LogP contribution in [0.15, 0.2) is 18.2 Å². The molecular weight excluding hydrogens is 254 g/mol. The Labute approximate surface area is 101 Å². The lowest BCUT2D eigenvalue weighted by atomic mass is 10.2. The maximum atomic E-state index is 13.0. The maximum absolute atomic E-state index is 13.0. The van der Waals surface area contributed by atoms with E-state index in [1.165, 1.54) is 14.1 Å². The van der Waals surface area contributed by atoms with E-state index in [-0.39, 0.29) is 5.69 Å². The highest BCUT2D eigenvalue weighted by molar-refractivity contribution is 5.90. The van der Waals surface area contributed by atoms with E-state index in [4.69, 9.17) is 5.84 Å². The van der Waals surface area contributed by atoms with Gasteiger partial charge in [0.05, 0.1) is 11.3 Å². The summed E-state index contributed by atoms with van der Waals surface area (Å²) in [4.78, 5) is 12.5. The summed E-state index contributed by atoms with van der Waals surface area (Å²) < 4.78 is 50.4. The average molecular weight is 265 g/mol. The number of hydrogen-bond acceptors (Lipinski definition) is 2. The largest absolute Gasteiger partial charge is 0.419 e. The van der Waals surface area contributed by atoms with Crippen LogP contribution in [0.5, 0.6) is 0 Å². The van der Waals surface area contributed by atoms with Crippen molar-refractivity contribution in [3.8, 4) is 0 Å².